The number of anilines is 2. The predicted octanol–water partition coefficient (Wildman–Crippen LogP) is 2.82. The van der Waals surface area contributed by atoms with Crippen LogP contribution in [0.2, 0.25) is 0 Å². The first-order valence-corrected chi connectivity index (χ1v) is 8.01. The molecule has 1 fully saturated rings. The van der Waals surface area contributed by atoms with Gasteiger partial charge in [-0.05, 0) is 31.2 Å². The number of halogens is 1. The van der Waals surface area contributed by atoms with E-state index in [1.807, 2.05) is 31.2 Å². The fourth-order valence-corrected chi connectivity index (χ4v) is 2.67. The summed E-state index contributed by atoms with van der Waals surface area (Å²) in [7, 11) is 0. The maximum atomic E-state index is 11.8. The van der Waals surface area contributed by atoms with E-state index in [1.54, 1.807) is 16.7 Å². The molecule has 1 aliphatic rings. The topological polar surface area (TPSA) is 49.9 Å². The van der Waals surface area contributed by atoms with Crippen LogP contribution in [-0.2, 0) is 9.53 Å². The van der Waals surface area contributed by atoms with Crippen LogP contribution in [0.4, 0.5) is 16.2 Å². The van der Waals surface area contributed by atoms with E-state index in [1.165, 1.54) is 0 Å². The van der Waals surface area contributed by atoms with Crippen LogP contribution >= 0.6 is 22.6 Å². The Kier molecular flexibility index (Phi) is 4.85. The van der Waals surface area contributed by atoms with Crippen LogP contribution in [-0.4, -0.2) is 35.6 Å². The van der Waals surface area contributed by atoms with Gasteiger partial charge < -0.3 is 9.64 Å². The Balaban J connectivity index is 2.16. The highest BCUT2D eigenvalue weighted by molar-refractivity contribution is 14.1. The van der Waals surface area contributed by atoms with Gasteiger partial charge in [-0.2, -0.15) is 0 Å². The molecule has 5 nitrogen and oxygen atoms in total. The fraction of sp³-hybridized carbons (Fsp3) is 0.429. The summed E-state index contributed by atoms with van der Waals surface area (Å²) in [5.74, 6) is 0.00538. The lowest BCUT2D eigenvalue weighted by molar-refractivity contribution is -0.116. The van der Waals surface area contributed by atoms with E-state index in [4.69, 9.17) is 4.74 Å². The first kappa shape index (κ1) is 15.1. The second kappa shape index (κ2) is 6.43. The number of carbonyl (C=O) groups is 2. The highest BCUT2D eigenvalue weighted by atomic mass is 127. The molecule has 1 heterocycles. The fourth-order valence-electron chi connectivity index (χ4n) is 2.21. The predicted molar refractivity (Wildman–Crippen MR) is 86.6 cm³/mol. The molecule has 0 spiro atoms. The molecule has 1 aromatic carbocycles. The molecule has 108 valence electrons. The molecule has 1 aromatic rings. The summed E-state index contributed by atoms with van der Waals surface area (Å²) in [5.41, 5.74) is 1.63. The summed E-state index contributed by atoms with van der Waals surface area (Å²) < 4.78 is 6.01. The molecule has 2 amide bonds. The standard InChI is InChI=1S/C14H17IN2O3/c1-3-16(10(2)18)11-4-6-12(7-5-11)17-9-13(8-15)20-14(17)19/h4-7,13H,3,8-9H2,1-2H3. The number of rotatable bonds is 4. The molecule has 0 N–H and O–H groups in total. The van der Waals surface area contributed by atoms with Crippen LogP contribution in [0, 0.1) is 0 Å². The van der Waals surface area contributed by atoms with Crippen LogP contribution in [0.25, 0.3) is 0 Å². The molecule has 0 aliphatic carbocycles. The van der Waals surface area contributed by atoms with Gasteiger partial charge in [0.05, 0.1) is 6.54 Å². The van der Waals surface area contributed by atoms with E-state index in [0.717, 1.165) is 15.8 Å². The number of hydrogen-bond acceptors (Lipinski definition) is 3. The van der Waals surface area contributed by atoms with Gasteiger partial charge >= 0.3 is 6.09 Å². The average Bonchev–Trinajstić information content (AvgIpc) is 2.81. The van der Waals surface area contributed by atoms with E-state index in [-0.39, 0.29) is 18.1 Å². The zero-order valence-corrected chi connectivity index (χ0v) is 13.7. The van der Waals surface area contributed by atoms with E-state index in [2.05, 4.69) is 22.6 Å². The third kappa shape index (κ3) is 3.05. The number of ether oxygens (including phenoxy) is 1. The molecule has 1 saturated heterocycles. The molecule has 0 radical (unpaired) electrons. The largest absolute Gasteiger partial charge is 0.443 e. The number of amides is 2. The minimum absolute atomic E-state index is 0.00538. The van der Waals surface area contributed by atoms with Crippen LogP contribution in [0.5, 0.6) is 0 Å². The van der Waals surface area contributed by atoms with Gasteiger partial charge in [0.1, 0.15) is 6.10 Å². The lowest BCUT2D eigenvalue weighted by Crippen LogP contribution is -2.28. The lowest BCUT2D eigenvalue weighted by atomic mass is 10.2. The van der Waals surface area contributed by atoms with E-state index >= 15 is 0 Å². The summed E-state index contributed by atoms with van der Waals surface area (Å²) in [6.45, 7) is 4.67. The third-order valence-corrected chi connectivity index (χ3v) is 4.20. The van der Waals surface area contributed by atoms with E-state index in [9.17, 15) is 9.59 Å². The normalized spacial score (nSPS) is 18.1. The van der Waals surface area contributed by atoms with Crippen molar-refractivity contribution in [2.75, 3.05) is 27.3 Å². The number of carbonyl (C=O) groups excluding carboxylic acids is 2. The van der Waals surface area contributed by atoms with Crippen LogP contribution in [0.1, 0.15) is 13.8 Å². The van der Waals surface area contributed by atoms with Gasteiger partial charge in [-0.25, -0.2) is 4.79 Å². The Labute approximate surface area is 132 Å². The molecule has 2 rings (SSSR count). The second-order valence-electron chi connectivity index (χ2n) is 4.55. The Morgan fingerprint density at radius 3 is 2.55 bits per heavy atom. The van der Waals surface area contributed by atoms with Crippen LogP contribution in [0.3, 0.4) is 0 Å². The van der Waals surface area contributed by atoms with Gasteiger partial charge in [-0.15, -0.1) is 0 Å². The lowest BCUT2D eigenvalue weighted by Gasteiger charge is -2.20. The van der Waals surface area contributed by atoms with Gasteiger partial charge in [0, 0.05) is 29.3 Å². The van der Waals surface area contributed by atoms with Gasteiger partial charge in [-0.1, -0.05) is 22.6 Å². The van der Waals surface area contributed by atoms with Crippen molar-refractivity contribution in [3.8, 4) is 0 Å². The van der Waals surface area contributed by atoms with Crippen molar-refractivity contribution in [1.29, 1.82) is 0 Å². The van der Waals surface area contributed by atoms with Crippen molar-refractivity contribution in [2.45, 2.75) is 20.0 Å². The van der Waals surface area contributed by atoms with Crippen molar-refractivity contribution in [1.82, 2.24) is 0 Å². The van der Waals surface area contributed by atoms with Gasteiger partial charge in [0.25, 0.3) is 0 Å². The highest BCUT2D eigenvalue weighted by Crippen LogP contribution is 2.25. The van der Waals surface area contributed by atoms with Crippen LogP contribution < -0.4 is 9.80 Å². The minimum Gasteiger partial charge on any atom is -0.443 e. The molecule has 0 aromatic heterocycles. The zero-order chi connectivity index (χ0) is 14.7. The molecular formula is C14H17IN2O3. The van der Waals surface area contributed by atoms with Crippen molar-refractivity contribution < 1.29 is 14.3 Å². The smallest absolute Gasteiger partial charge is 0.414 e. The Hall–Kier alpha value is -1.31. The maximum Gasteiger partial charge on any atom is 0.414 e. The van der Waals surface area contributed by atoms with Crippen molar-refractivity contribution >= 4 is 46.0 Å². The summed E-state index contributed by atoms with van der Waals surface area (Å²) in [5, 5.41) is 0. The minimum atomic E-state index is -0.307. The van der Waals surface area contributed by atoms with Crippen molar-refractivity contribution in [2.24, 2.45) is 0 Å². The second-order valence-corrected chi connectivity index (χ2v) is 5.43. The molecule has 1 unspecified atom stereocenters. The summed E-state index contributed by atoms with van der Waals surface area (Å²) in [4.78, 5) is 26.6. The first-order valence-electron chi connectivity index (χ1n) is 6.49. The molecule has 6 heteroatoms. The van der Waals surface area contributed by atoms with Gasteiger partial charge in [0.15, 0.2) is 0 Å². The monoisotopic (exact) mass is 388 g/mol. The summed E-state index contributed by atoms with van der Waals surface area (Å²) in [6.07, 6.45) is -0.356. The van der Waals surface area contributed by atoms with Gasteiger partial charge in [0.2, 0.25) is 5.91 Å². The number of nitrogens with zero attached hydrogens (tertiary/aromatic N) is 2. The summed E-state index contributed by atoms with van der Waals surface area (Å²) in [6, 6.07) is 7.39. The molecule has 0 bridgehead atoms. The number of hydrogen-bond donors (Lipinski definition) is 0. The Morgan fingerprint density at radius 1 is 1.45 bits per heavy atom. The number of benzene rings is 1. The molecule has 1 atom stereocenters. The highest BCUT2D eigenvalue weighted by Gasteiger charge is 2.31. The molecule has 1 aliphatic heterocycles. The SMILES string of the molecule is CCN(C(C)=O)c1ccc(N2CC(CI)OC2=O)cc1. The zero-order valence-electron chi connectivity index (χ0n) is 11.5. The number of alkyl halides is 1. The third-order valence-electron chi connectivity index (χ3n) is 3.22. The van der Waals surface area contributed by atoms with Crippen molar-refractivity contribution in [3.05, 3.63) is 24.3 Å². The van der Waals surface area contributed by atoms with Crippen LogP contribution in [0.15, 0.2) is 24.3 Å². The number of cyclic esters (lactones) is 1. The van der Waals surface area contributed by atoms with Gasteiger partial charge in [-0.3, -0.25) is 9.69 Å². The molecule has 0 saturated carbocycles. The Bertz CT molecular complexity index is 504. The van der Waals surface area contributed by atoms with Crippen molar-refractivity contribution in [3.63, 3.8) is 0 Å². The maximum absolute atomic E-state index is 11.8. The quantitative estimate of drug-likeness (QED) is 0.589. The van der Waals surface area contributed by atoms with E-state index < -0.39 is 0 Å². The Morgan fingerprint density at radius 2 is 2.10 bits per heavy atom. The molecular weight excluding hydrogens is 371 g/mol. The average molecular weight is 388 g/mol. The first-order chi connectivity index (χ1) is 9.56. The molecule has 20 heavy (non-hydrogen) atoms. The van der Waals surface area contributed by atoms with E-state index in [0.29, 0.717) is 13.1 Å². The summed E-state index contributed by atoms with van der Waals surface area (Å²) >= 11 is 2.21.